The zero-order valence-electron chi connectivity index (χ0n) is 28.3. The Morgan fingerprint density at radius 3 is 1.16 bits per heavy atom. The molecule has 0 spiro atoms. The molecule has 2 atom stereocenters. The summed E-state index contributed by atoms with van der Waals surface area (Å²) in [6, 6.07) is 29.5. The van der Waals surface area contributed by atoms with E-state index in [1.807, 2.05) is 74.5 Å². The van der Waals surface area contributed by atoms with Gasteiger partial charge in [-0.25, -0.2) is 0 Å². The van der Waals surface area contributed by atoms with Gasteiger partial charge >= 0.3 is 11.9 Å². The van der Waals surface area contributed by atoms with Gasteiger partial charge in [-0.2, -0.15) is 16.8 Å². The van der Waals surface area contributed by atoms with Crippen molar-refractivity contribution in [2.24, 2.45) is 11.5 Å². The van der Waals surface area contributed by atoms with Crippen LogP contribution >= 0.6 is 0 Å². The SMILES string of the molecule is Cc1ccc(S(=O)(=O)O)cc1.Cc1ccc(S(=O)(=O)O)cc1.NC(Cc1ccccc1)C(=O)OCCOCCOC(=O)C(N)Cc1ccccc1. The van der Waals surface area contributed by atoms with Gasteiger partial charge in [0.2, 0.25) is 0 Å². The zero-order chi connectivity index (χ0) is 37.9. The Bertz CT molecular complexity index is 1700. The lowest BCUT2D eigenvalue weighted by molar-refractivity contribution is -0.148. The van der Waals surface area contributed by atoms with Gasteiger partial charge in [0, 0.05) is 0 Å². The number of nitrogens with two attached hydrogens (primary N) is 2. The van der Waals surface area contributed by atoms with E-state index in [1.54, 1.807) is 24.3 Å². The van der Waals surface area contributed by atoms with Crippen LogP contribution in [0.15, 0.2) is 119 Å². The molecule has 0 aliphatic carbocycles. The summed E-state index contributed by atoms with van der Waals surface area (Å²) < 4.78 is 74.6. The fourth-order valence-corrected chi connectivity index (χ4v) is 5.00. The third-order valence-electron chi connectivity index (χ3n) is 6.78. The number of carbonyl (C=O) groups excluding carboxylic acids is 2. The summed E-state index contributed by atoms with van der Waals surface area (Å²) in [7, 11) is -8.04. The maximum atomic E-state index is 11.9. The second kappa shape index (κ2) is 21.7. The molecule has 0 aromatic heterocycles. The fraction of sp³-hybridized carbons (Fsp3) is 0.278. The van der Waals surface area contributed by atoms with Gasteiger partial charge in [0.25, 0.3) is 20.2 Å². The molecule has 15 heteroatoms. The smallest absolute Gasteiger partial charge is 0.323 e. The Balaban J connectivity index is 0.000000332. The van der Waals surface area contributed by atoms with Gasteiger partial charge in [-0.15, -0.1) is 0 Å². The Kier molecular flexibility index (Phi) is 18.1. The van der Waals surface area contributed by atoms with Crippen molar-refractivity contribution >= 4 is 32.2 Å². The molecule has 0 heterocycles. The highest BCUT2D eigenvalue weighted by molar-refractivity contribution is 7.86. The van der Waals surface area contributed by atoms with Crippen molar-refractivity contribution in [2.45, 2.75) is 48.6 Å². The summed E-state index contributed by atoms with van der Waals surface area (Å²) in [5, 5.41) is 0. The quantitative estimate of drug-likeness (QED) is 0.0822. The van der Waals surface area contributed by atoms with E-state index in [0.29, 0.717) is 12.8 Å². The number of aryl methyl sites for hydroxylation is 2. The highest BCUT2D eigenvalue weighted by atomic mass is 32.2. The Morgan fingerprint density at radius 2 is 0.863 bits per heavy atom. The van der Waals surface area contributed by atoms with Crippen LogP contribution in [0.25, 0.3) is 0 Å². The summed E-state index contributed by atoms with van der Waals surface area (Å²) >= 11 is 0. The monoisotopic (exact) mass is 744 g/mol. The van der Waals surface area contributed by atoms with E-state index < -0.39 is 44.3 Å². The van der Waals surface area contributed by atoms with Gasteiger partial charge in [0.1, 0.15) is 25.3 Å². The predicted molar refractivity (Wildman–Crippen MR) is 191 cm³/mol. The third-order valence-corrected chi connectivity index (χ3v) is 8.52. The minimum absolute atomic E-state index is 0.0666. The van der Waals surface area contributed by atoms with Gasteiger partial charge in [0.05, 0.1) is 23.0 Å². The van der Waals surface area contributed by atoms with Crippen LogP contribution in [0.4, 0.5) is 0 Å². The van der Waals surface area contributed by atoms with Crippen LogP contribution < -0.4 is 11.5 Å². The van der Waals surface area contributed by atoms with Gasteiger partial charge in [-0.3, -0.25) is 18.7 Å². The summed E-state index contributed by atoms with van der Waals surface area (Å²) in [6.07, 6.45) is 0.833. The van der Waals surface area contributed by atoms with Crippen LogP contribution in [-0.2, 0) is 56.9 Å². The second-order valence-electron chi connectivity index (χ2n) is 11.1. The molecule has 2 unspecified atom stereocenters. The largest absolute Gasteiger partial charge is 0.462 e. The lowest BCUT2D eigenvalue weighted by Crippen LogP contribution is -2.35. The first kappa shape index (κ1) is 42.7. The topological polar surface area (TPSA) is 223 Å². The minimum atomic E-state index is -4.02. The molecule has 0 amide bonds. The highest BCUT2D eigenvalue weighted by Gasteiger charge is 2.17. The number of carbonyl (C=O) groups is 2. The molecule has 0 aliphatic heterocycles. The first-order valence-electron chi connectivity index (χ1n) is 15.6. The highest BCUT2D eigenvalue weighted by Crippen LogP contribution is 2.10. The molecular weight excluding hydrogens is 701 g/mol. The minimum Gasteiger partial charge on any atom is -0.462 e. The molecule has 4 aromatic carbocycles. The Hall–Kier alpha value is -4.48. The van der Waals surface area contributed by atoms with Crippen molar-refractivity contribution in [1.29, 1.82) is 0 Å². The third kappa shape index (κ3) is 17.8. The van der Waals surface area contributed by atoms with E-state index in [2.05, 4.69) is 0 Å². The Labute approximate surface area is 299 Å². The van der Waals surface area contributed by atoms with Crippen LogP contribution in [-0.4, -0.2) is 76.4 Å². The number of hydrogen-bond acceptors (Lipinski definition) is 11. The number of benzene rings is 4. The summed E-state index contributed by atoms with van der Waals surface area (Å²) in [4.78, 5) is 23.6. The fourth-order valence-electron chi connectivity index (χ4n) is 4.04. The average Bonchev–Trinajstić information content (AvgIpc) is 3.08. The van der Waals surface area contributed by atoms with Crippen LogP contribution in [0.5, 0.6) is 0 Å². The normalized spacial score (nSPS) is 12.2. The summed E-state index contributed by atoms with van der Waals surface area (Å²) in [6.45, 7) is 4.24. The van der Waals surface area contributed by atoms with Gasteiger partial charge < -0.3 is 25.7 Å². The van der Waals surface area contributed by atoms with E-state index in [0.717, 1.165) is 22.3 Å². The van der Waals surface area contributed by atoms with E-state index in [4.69, 9.17) is 34.8 Å². The van der Waals surface area contributed by atoms with Gasteiger partial charge in [-0.1, -0.05) is 96.1 Å². The molecule has 4 rings (SSSR count). The maximum absolute atomic E-state index is 11.9. The van der Waals surface area contributed by atoms with Crippen molar-refractivity contribution in [3.8, 4) is 0 Å². The average molecular weight is 745 g/mol. The van der Waals surface area contributed by atoms with Crippen molar-refractivity contribution in [2.75, 3.05) is 26.4 Å². The maximum Gasteiger partial charge on any atom is 0.323 e. The van der Waals surface area contributed by atoms with E-state index in [1.165, 1.54) is 24.3 Å². The Morgan fingerprint density at radius 1 is 0.549 bits per heavy atom. The molecule has 51 heavy (non-hydrogen) atoms. The molecule has 13 nitrogen and oxygen atoms in total. The van der Waals surface area contributed by atoms with Crippen LogP contribution in [0.3, 0.4) is 0 Å². The molecule has 0 saturated carbocycles. The van der Waals surface area contributed by atoms with E-state index in [9.17, 15) is 26.4 Å². The standard InChI is InChI=1S/C22H28N2O5.2C7H8O3S/c23-19(15-17-7-3-1-4-8-17)21(25)28-13-11-27-12-14-29-22(26)20(24)16-18-9-5-2-6-10-18;2*1-6-2-4-7(5-3-6)11(8,9)10/h1-10,19-20H,11-16,23-24H2;2*2-5H,1H3,(H,8,9,10). The first-order valence-corrected chi connectivity index (χ1v) is 18.5. The zero-order valence-corrected chi connectivity index (χ0v) is 30.0. The number of hydrogen-bond donors (Lipinski definition) is 4. The molecule has 4 aromatic rings. The number of esters is 2. The number of ether oxygens (including phenoxy) is 3. The van der Waals surface area contributed by atoms with Crippen molar-refractivity contribution in [1.82, 2.24) is 0 Å². The summed E-state index contributed by atoms with van der Waals surface area (Å²) in [5.41, 5.74) is 15.5. The molecule has 6 N–H and O–H groups in total. The molecule has 0 radical (unpaired) electrons. The first-order chi connectivity index (χ1) is 24.1. The van der Waals surface area contributed by atoms with E-state index in [-0.39, 0.29) is 36.2 Å². The van der Waals surface area contributed by atoms with Crippen molar-refractivity contribution in [3.63, 3.8) is 0 Å². The molecule has 276 valence electrons. The number of rotatable bonds is 14. The van der Waals surface area contributed by atoms with Gasteiger partial charge in [-0.05, 0) is 62.1 Å². The summed E-state index contributed by atoms with van der Waals surface area (Å²) in [5.74, 6) is -0.952. The van der Waals surface area contributed by atoms with Crippen LogP contribution in [0.1, 0.15) is 22.3 Å². The van der Waals surface area contributed by atoms with Crippen molar-refractivity contribution < 1.29 is 49.7 Å². The molecule has 0 saturated heterocycles. The van der Waals surface area contributed by atoms with Crippen LogP contribution in [0.2, 0.25) is 0 Å². The lowest BCUT2D eigenvalue weighted by atomic mass is 10.1. The van der Waals surface area contributed by atoms with Crippen LogP contribution in [0, 0.1) is 13.8 Å². The predicted octanol–water partition coefficient (Wildman–Crippen LogP) is 3.71. The molecular formula is C36H44N2O11S2. The second-order valence-corrected chi connectivity index (χ2v) is 14.0. The van der Waals surface area contributed by atoms with E-state index >= 15 is 0 Å². The molecule has 0 bridgehead atoms. The van der Waals surface area contributed by atoms with Crippen molar-refractivity contribution in [3.05, 3.63) is 131 Å². The lowest BCUT2D eigenvalue weighted by Gasteiger charge is -2.13. The molecule has 0 aliphatic rings. The molecule has 0 fully saturated rings. The van der Waals surface area contributed by atoms with Gasteiger partial charge in [0.15, 0.2) is 0 Å².